The molecular formula is C14H11ClN2O3. The van der Waals surface area contributed by atoms with Crippen LogP contribution in [0.25, 0.3) is 6.08 Å². The zero-order valence-corrected chi connectivity index (χ0v) is 11.1. The molecule has 20 heavy (non-hydrogen) atoms. The minimum atomic E-state index is -0.469. The minimum Gasteiger partial charge on any atom is -0.465 e. The molecule has 0 bridgehead atoms. The summed E-state index contributed by atoms with van der Waals surface area (Å²) in [6.07, 6.45) is 4.24. The van der Waals surface area contributed by atoms with Gasteiger partial charge in [-0.3, -0.25) is 20.4 Å². The largest absolute Gasteiger partial charge is 0.465 e. The molecule has 0 saturated heterocycles. The third kappa shape index (κ3) is 4.00. The third-order valence-corrected chi connectivity index (χ3v) is 2.60. The molecule has 1 heterocycles. The molecule has 0 fully saturated rings. The van der Waals surface area contributed by atoms with Crippen LogP contribution < -0.4 is 10.9 Å². The highest BCUT2D eigenvalue weighted by Crippen LogP contribution is 2.09. The second-order valence-corrected chi connectivity index (χ2v) is 4.24. The molecule has 0 aliphatic rings. The summed E-state index contributed by atoms with van der Waals surface area (Å²) in [6.45, 7) is 0. The first-order valence-corrected chi connectivity index (χ1v) is 6.10. The van der Waals surface area contributed by atoms with Crippen molar-refractivity contribution in [3.63, 3.8) is 0 Å². The van der Waals surface area contributed by atoms with Crippen molar-refractivity contribution >= 4 is 29.5 Å². The first kappa shape index (κ1) is 13.9. The fraction of sp³-hybridized carbons (Fsp3) is 0. The van der Waals surface area contributed by atoms with Crippen LogP contribution in [0.1, 0.15) is 16.1 Å². The molecule has 6 heteroatoms. The molecule has 1 aromatic heterocycles. The van der Waals surface area contributed by atoms with Gasteiger partial charge in [0.15, 0.2) is 0 Å². The maximum atomic E-state index is 11.7. The number of hydrogen-bond donors (Lipinski definition) is 2. The Morgan fingerprint density at radius 1 is 1.10 bits per heavy atom. The van der Waals surface area contributed by atoms with Crippen LogP contribution in [0.15, 0.2) is 53.2 Å². The van der Waals surface area contributed by atoms with Gasteiger partial charge in [-0.25, -0.2) is 0 Å². The summed E-state index contributed by atoms with van der Waals surface area (Å²) in [5.41, 5.74) is 4.94. The smallest absolute Gasteiger partial charge is 0.269 e. The van der Waals surface area contributed by atoms with Crippen molar-refractivity contribution in [3.05, 3.63) is 65.1 Å². The second-order valence-electron chi connectivity index (χ2n) is 3.80. The molecule has 2 aromatic rings. The van der Waals surface area contributed by atoms with E-state index >= 15 is 0 Å². The maximum Gasteiger partial charge on any atom is 0.269 e. The monoisotopic (exact) mass is 290 g/mol. The Hall–Kier alpha value is -2.53. The summed E-state index contributed by atoms with van der Waals surface area (Å²) in [7, 11) is 0. The van der Waals surface area contributed by atoms with E-state index in [1.807, 2.05) is 0 Å². The zero-order valence-electron chi connectivity index (χ0n) is 10.3. The molecule has 5 nitrogen and oxygen atoms in total. The lowest BCUT2D eigenvalue weighted by atomic mass is 10.2. The quantitative estimate of drug-likeness (QED) is 0.673. The van der Waals surface area contributed by atoms with Gasteiger partial charge in [-0.05, 0) is 42.5 Å². The fourth-order valence-corrected chi connectivity index (χ4v) is 1.50. The number of hydrogen-bond acceptors (Lipinski definition) is 3. The molecule has 2 amide bonds. The lowest BCUT2D eigenvalue weighted by molar-refractivity contribution is -0.117. The number of rotatable bonds is 3. The van der Waals surface area contributed by atoms with Gasteiger partial charge < -0.3 is 4.42 Å². The summed E-state index contributed by atoms with van der Waals surface area (Å²) >= 11 is 5.71. The Balaban J connectivity index is 1.84. The van der Waals surface area contributed by atoms with E-state index in [4.69, 9.17) is 16.0 Å². The lowest BCUT2D eigenvalue weighted by Crippen LogP contribution is -2.40. The van der Waals surface area contributed by atoms with Crippen molar-refractivity contribution in [2.75, 3.05) is 0 Å². The van der Waals surface area contributed by atoms with Gasteiger partial charge in [-0.2, -0.15) is 0 Å². The van der Waals surface area contributed by atoms with E-state index in [9.17, 15) is 9.59 Å². The summed E-state index contributed by atoms with van der Waals surface area (Å²) in [4.78, 5) is 23.1. The molecule has 102 valence electrons. The highest BCUT2D eigenvalue weighted by Gasteiger charge is 2.05. The van der Waals surface area contributed by atoms with Crippen molar-refractivity contribution < 1.29 is 14.0 Å². The zero-order chi connectivity index (χ0) is 14.4. The Bertz CT molecular complexity index is 618. The molecule has 0 atom stereocenters. The molecule has 0 unspecified atom stereocenters. The number of furan rings is 1. The van der Waals surface area contributed by atoms with E-state index in [1.165, 1.54) is 18.4 Å². The molecule has 0 spiro atoms. The van der Waals surface area contributed by atoms with E-state index in [0.717, 1.165) is 0 Å². The number of carbonyl (C=O) groups excluding carboxylic acids is 2. The van der Waals surface area contributed by atoms with Crippen molar-refractivity contribution in [2.45, 2.75) is 0 Å². The van der Waals surface area contributed by atoms with Gasteiger partial charge in [0.25, 0.3) is 11.8 Å². The van der Waals surface area contributed by atoms with Crippen LogP contribution >= 0.6 is 11.6 Å². The third-order valence-electron chi connectivity index (χ3n) is 2.35. The average Bonchev–Trinajstić information content (AvgIpc) is 2.96. The summed E-state index contributed by atoms with van der Waals surface area (Å²) in [6, 6.07) is 9.71. The Labute approximate surface area is 120 Å². The summed E-state index contributed by atoms with van der Waals surface area (Å²) < 4.78 is 5.02. The van der Waals surface area contributed by atoms with Gasteiger partial charge >= 0.3 is 0 Å². The number of halogens is 1. The normalized spacial score (nSPS) is 10.4. The second kappa shape index (κ2) is 6.58. The van der Waals surface area contributed by atoms with Crippen molar-refractivity contribution in [1.29, 1.82) is 0 Å². The van der Waals surface area contributed by atoms with Crippen LogP contribution in [0.2, 0.25) is 5.02 Å². The molecule has 0 saturated carbocycles. The van der Waals surface area contributed by atoms with E-state index in [-0.39, 0.29) is 0 Å². The van der Waals surface area contributed by atoms with Gasteiger partial charge in [0.1, 0.15) is 5.76 Å². The predicted molar refractivity (Wildman–Crippen MR) is 74.8 cm³/mol. The number of benzene rings is 1. The molecule has 1 aromatic carbocycles. The molecule has 0 radical (unpaired) electrons. The highest BCUT2D eigenvalue weighted by atomic mass is 35.5. The Kier molecular flexibility index (Phi) is 4.57. The first-order valence-electron chi connectivity index (χ1n) is 5.72. The fourth-order valence-electron chi connectivity index (χ4n) is 1.38. The van der Waals surface area contributed by atoms with Gasteiger partial charge in [-0.1, -0.05) is 11.6 Å². The van der Waals surface area contributed by atoms with Crippen molar-refractivity contribution in [3.8, 4) is 0 Å². The van der Waals surface area contributed by atoms with Crippen LogP contribution in [0.3, 0.4) is 0 Å². The van der Waals surface area contributed by atoms with E-state index in [1.54, 1.807) is 36.4 Å². The minimum absolute atomic E-state index is 0.393. The maximum absolute atomic E-state index is 11.7. The number of carbonyl (C=O) groups is 2. The topological polar surface area (TPSA) is 71.3 Å². The van der Waals surface area contributed by atoms with Crippen LogP contribution in [0.4, 0.5) is 0 Å². The van der Waals surface area contributed by atoms with Crippen LogP contribution in [0.5, 0.6) is 0 Å². The van der Waals surface area contributed by atoms with Crippen molar-refractivity contribution in [2.24, 2.45) is 0 Å². The molecule has 2 N–H and O–H groups in total. The van der Waals surface area contributed by atoms with Gasteiger partial charge in [-0.15, -0.1) is 0 Å². The van der Waals surface area contributed by atoms with E-state index in [2.05, 4.69) is 10.9 Å². The first-order chi connectivity index (χ1) is 9.65. The van der Waals surface area contributed by atoms with Gasteiger partial charge in [0, 0.05) is 16.7 Å². The highest BCUT2D eigenvalue weighted by molar-refractivity contribution is 6.30. The van der Waals surface area contributed by atoms with Crippen LogP contribution in [-0.4, -0.2) is 11.8 Å². The number of amides is 2. The van der Waals surface area contributed by atoms with E-state index < -0.39 is 11.8 Å². The van der Waals surface area contributed by atoms with Gasteiger partial charge in [0.05, 0.1) is 6.26 Å². The molecule has 0 aliphatic carbocycles. The number of nitrogens with one attached hydrogen (secondary N) is 2. The average molecular weight is 291 g/mol. The van der Waals surface area contributed by atoms with E-state index in [0.29, 0.717) is 16.3 Å². The van der Waals surface area contributed by atoms with Gasteiger partial charge in [0.2, 0.25) is 0 Å². The van der Waals surface area contributed by atoms with Crippen LogP contribution in [-0.2, 0) is 4.79 Å². The Morgan fingerprint density at radius 2 is 1.85 bits per heavy atom. The molecular weight excluding hydrogens is 280 g/mol. The predicted octanol–water partition coefficient (Wildman–Crippen LogP) is 2.41. The molecule has 0 aliphatic heterocycles. The summed E-state index contributed by atoms with van der Waals surface area (Å²) in [5.74, 6) is -0.352. The standard InChI is InChI=1S/C14H11ClN2O3/c15-11-5-3-10(4-6-11)14(19)17-16-13(18)8-7-12-2-1-9-20-12/h1-9H,(H,16,18)(H,17,19). The summed E-state index contributed by atoms with van der Waals surface area (Å²) in [5, 5.41) is 0.534. The number of hydrazine groups is 1. The molecule has 2 rings (SSSR count). The van der Waals surface area contributed by atoms with Crippen LogP contribution in [0, 0.1) is 0 Å². The lowest BCUT2D eigenvalue weighted by Gasteiger charge is -2.05. The Morgan fingerprint density at radius 3 is 2.50 bits per heavy atom. The van der Waals surface area contributed by atoms with Crippen molar-refractivity contribution in [1.82, 2.24) is 10.9 Å². The SMILES string of the molecule is O=C(C=Cc1ccco1)NNC(=O)c1ccc(Cl)cc1.